The molecule has 1 N–H and O–H groups in total. The second-order valence-corrected chi connectivity index (χ2v) is 5.38. The second-order valence-electron chi connectivity index (χ2n) is 5.38. The molecule has 0 radical (unpaired) electrons. The zero-order valence-electron chi connectivity index (χ0n) is 11.7. The summed E-state index contributed by atoms with van der Waals surface area (Å²) < 4.78 is 5.48. The molecule has 0 amide bonds. The van der Waals surface area contributed by atoms with Gasteiger partial charge in [0.05, 0.1) is 13.2 Å². The fourth-order valence-corrected chi connectivity index (χ4v) is 3.31. The van der Waals surface area contributed by atoms with Crippen molar-refractivity contribution in [3.8, 4) is 5.75 Å². The number of hydrogen-bond acceptors (Lipinski definition) is 2. The molecule has 0 aliphatic heterocycles. The summed E-state index contributed by atoms with van der Waals surface area (Å²) in [4.78, 5) is 0. The molecule has 1 aromatic carbocycles. The minimum atomic E-state index is -0.191. The molecule has 19 heavy (non-hydrogen) atoms. The van der Waals surface area contributed by atoms with Gasteiger partial charge in [-0.1, -0.05) is 30.7 Å². The molecule has 0 heterocycles. The molecule has 1 saturated carbocycles. The summed E-state index contributed by atoms with van der Waals surface area (Å²) in [6.45, 7) is 3.80. The maximum atomic E-state index is 10.3. The van der Waals surface area contributed by atoms with Crippen LogP contribution in [0, 0.1) is 5.92 Å². The van der Waals surface area contributed by atoms with Crippen LogP contribution in [0.25, 0.3) is 0 Å². The number of rotatable bonds is 5. The topological polar surface area (TPSA) is 29.5 Å². The van der Waals surface area contributed by atoms with Crippen molar-refractivity contribution >= 4 is 0 Å². The maximum absolute atomic E-state index is 10.3. The smallest absolute Gasteiger partial charge is 0.122 e. The van der Waals surface area contributed by atoms with Crippen LogP contribution in [0.5, 0.6) is 5.75 Å². The van der Waals surface area contributed by atoms with Gasteiger partial charge in [-0.3, -0.25) is 0 Å². The van der Waals surface area contributed by atoms with E-state index in [9.17, 15) is 5.11 Å². The molecular weight excluding hydrogens is 236 g/mol. The molecule has 0 saturated heterocycles. The van der Waals surface area contributed by atoms with E-state index in [0.717, 1.165) is 37.9 Å². The summed E-state index contributed by atoms with van der Waals surface area (Å²) in [7, 11) is 1.72. The first-order chi connectivity index (χ1) is 9.27. The highest BCUT2D eigenvalue weighted by Crippen LogP contribution is 2.43. The van der Waals surface area contributed by atoms with Crippen molar-refractivity contribution in [2.45, 2.75) is 44.1 Å². The Bertz CT molecular complexity index is 413. The lowest BCUT2D eigenvalue weighted by atomic mass is 9.71. The van der Waals surface area contributed by atoms with Crippen LogP contribution in [0.4, 0.5) is 0 Å². The Kier molecular flexibility index (Phi) is 5.03. The van der Waals surface area contributed by atoms with Crippen LogP contribution in [0.1, 0.15) is 43.6 Å². The minimum absolute atomic E-state index is 0.191. The lowest BCUT2D eigenvalue weighted by Gasteiger charge is -2.36. The fourth-order valence-electron chi connectivity index (χ4n) is 3.31. The van der Waals surface area contributed by atoms with Gasteiger partial charge in [0.2, 0.25) is 0 Å². The lowest BCUT2D eigenvalue weighted by Crippen LogP contribution is -2.31. The third kappa shape index (κ3) is 3.19. The highest BCUT2D eigenvalue weighted by Gasteiger charge is 2.33. The van der Waals surface area contributed by atoms with Crippen LogP contribution in [0.3, 0.4) is 0 Å². The van der Waals surface area contributed by atoms with Crippen LogP contribution in [0.2, 0.25) is 0 Å². The van der Waals surface area contributed by atoms with Crippen molar-refractivity contribution in [1.29, 1.82) is 0 Å². The Hall–Kier alpha value is -1.28. The molecule has 0 aromatic heterocycles. The van der Waals surface area contributed by atoms with Gasteiger partial charge in [-0.25, -0.2) is 0 Å². The average molecular weight is 260 g/mol. The van der Waals surface area contributed by atoms with E-state index in [1.807, 2.05) is 18.2 Å². The Labute approximate surface area is 116 Å². The number of para-hydroxylation sites is 1. The van der Waals surface area contributed by atoms with Gasteiger partial charge in [0.25, 0.3) is 0 Å². The Morgan fingerprint density at radius 2 is 2.16 bits per heavy atom. The second kappa shape index (κ2) is 6.76. The summed E-state index contributed by atoms with van der Waals surface area (Å²) >= 11 is 0. The van der Waals surface area contributed by atoms with E-state index in [4.69, 9.17) is 4.74 Å². The molecule has 0 unspecified atom stereocenters. The molecule has 2 rings (SSSR count). The van der Waals surface area contributed by atoms with Crippen LogP contribution >= 0.6 is 0 Å². The van der Waals surface area contributed by atoms with E-state index < -0.39 is 0 Å². The minimum Gasteiger partial charge on any atom is -0.496 e. The molecule has 1 aliphatic rings. The van der Waals surface area contributed by atoms with Crippen molar-refractivity contribution in [1.82, 2.24) is 0 Å². The van der Waals surface area contributed by atoms with Gasteiger partial charge in [0, 0.05) is 0 Å². The van der Waals surface area contributed by atoms with E-state index in [1.165, 1.54) is 5.56 Å². The molecule has 2 nitrogen and oxygen atoms in total. The summed E-state index contributed by atoms with van der Waals surface area (Å²) in [5, 5.41) is 10.3. The molecule has 104 valence electrons. The summed E-state index contributed by atoms with van der Waals surface area (Å²) in [6.07, 6.45) is 6.88. The number of methoxy groups -OCH3 is 1. The third-order valence-corrected chi connectivity index (χ3v) is 4.27. The highest BCUT2D eigenvalue weighted by molar-refractivity contribution is 5.37. The Balaban J connectivity index is 2.25. The number of aliphatic hydroxyl groups excluding tert-OH is 1. The maximum Gasteiger partial charge on any atom is 0.122 e. The van der Waals surface area contributed by atoms with Crippen molar-refractivity contribution in [2.75, 3.05) is 7.11 Å². The molecule has 0 bridgehead atoms. The van der Waals surface area contributed by atoms with Crippen molar-refractivity contribution < 1.29 is 9.84 Å². The van der Waals surface area contributed by atoms with Gasteiger partial charge in [0.15, 0.2) is 0 Å². The first-order valence-electron chi connectivity index (χ1n) is 7.19. The summed E-state index contributed by atoms with van der Waals surface area (Å²) in [5.41, 5.74) is 1.25. The molecule has 3 atom stereocenters. The van der Waals surface area contributed by atoms with Gasteiger partial charge in [-0.05, 0) is 49.1 Å². The number of ether oxygens (including phenoxy) is 1. The van der Waals surface area contributed by atoms with Crippen molar-refractivity contribution in [3.05, 3.63) is 42.5 Å². The first-order valence-corrected chi connectivity index (χ1v) is 7.19. The monoisotopic (exact) mass is 260 g/mol. The van der Waals surface area contributed by atoms with Crippen molar-refractivity contribution in [2.24, 2.45) is 5.92 Å². The average Bonchev–Trinajstić information content (AvgIpc) is 2.46. The predicted octanol–water partition coefficient (Wildman–Crippen LogP) is 3.91. The Morgan fingerprint density at radius 1 is 1.37 bits per heavy atom. The molecular formula is C17H24O2. The van der Waals surface area contributed by atoms with Gasteiger partial charge >= 0.3 is 0 Å². The van der Waals surface area contributed by atoms with E-state index in [-0.39, 0.29) is 6.10 Å². The number of benzene rings is 1. The SMILES string of the molecule is C=CCC[C@@H]1[C@@H](c2ccccc2OC)CCC[C@@H]1O. The third-order valence-electron chi connectivity index (χ3n) is 4.27. The van der Waals surface area contributed by atoms with Gasteiger partial charge in [-0.15, -0.1) is 6.58 Å². The fraction of sp³-hybridized carbons (Fsp3) is 0.529. The Morgan fingerprint density at radius 3 is 2.89 bits per heavy atom. The van der Waals surface area contributed by atoms with Gasteiger partial charge < -0.3 is 9.84 Å². The van der Waals surface area contributed by atoms with Gasteiger partial charge in [0.1, 0.15) is 5.75 Å². The molecule has 0 spiro atoms. The first kappa shape index (κ1) is 14.1. The van der Waals surface area contributed by atoms with E-state index in [1.54, 1.807) is 7.11 Å². The molecule has 2 heteroatoms. The van der Waals surface area contributed by atoms with E-state index in [2.05, 4.69) is 18.7 Å². The van der Waals surface area contributed by atoms with E-state index in [0.29, 0.717) is 11.8 Å². The quantitative estimate of drug-likeness (QED) is 0.813. The molecule has 1 aliphatic carbocycles. The number of aliphatic hydroxyl groups is 1. The highest BCUT2D eigenvalue weighted by atomic mass is 16.5. The zero-order chi connectivity index (χ0) is 13.7. The predicted molar refractivity (Wildman–Crippen MR) is 78.5 cm³/mol. The zero-order valence-corrected chi connectivity index (χ0v) is 11.7. The summed E-state index contributed by atoms with van der Waals surface area (Å²) in [5.74, 6) is 1.67. The standard InChI is InChI=1S/C17H24O2/c1-3-4-8-14-13(10-7-11-16(14)18)15-9-5-6-12-17(15)19-2/h3,5-6,9,12-14,16,18H,1,4,7-8,10-11H2,2H3/t13-,14+,16-/m0/s1. The lowest BCUT2D eigenvalue weighted by molar-refractivity contribution is 0.0510. The normalized spacial score (nSPS) is 26.9. The summed E-state index contributed by atoms with van der Waals surface area (Å²) in [6, 6.07) is 8.22. The van der Waals surface area contributed by atoms with Crippen LogP contribution in [0.15, 0.2) is 36.9 Å². The van der Waals surface area contributed by atoms with Crippen LogP contribution in [-0.2, 0) is 0 Å². The largest absolute Gasteiger partial charge is 0.496 e. The number of hydrogen-bond donors (Lipinski definition) is 1. The molecule has 1 aromatic rings. The van der Waals surface area contributed by atoms with Crippen LogP contribution in [-0.4, -0.2) is 18.3 Å². The van der Waals surface area contributed by atoms with Gasteiger partial charge in [-0.2, -0.15) is 0 Å². The molecule has 1 fully saturated rings. The van der Waals surface area contributed by atoms with E-state index >= 15 is 0 Å². The van der Waals surface area contributed by atoms with Crippen molar-refractivity contribution in [3.63, 3.8) is 0 Å². The van der Waals surface area contributed by atoms with Crippen LogP contribution < -0.4 is 4.74 Å². The number of allylic oxidation sites excluding steroid dienone is 1.